The third-order valence-corrected chi connectivity index (χ3v) is 2.38. The monoisotopic (exact) mass is 271 g/mol. The Hall–Kier alpha value is -1.10. The van der Waals surface area contributed by atoms with Crippen molar-refractivity contribution in [1.29, 1.82) is 0 Å². The number of aromatic amines is 1. The molecule has 0 atom stereocenters. The Morgan fingerprint density at radius 3 is 2.73 bits per heavy atom. The van der Waals surface area contributed by atoms with E-state index in [9.17, 15) is 4.79 Å². The number of nitrogens with one attached hydrogen (secondary N) is 2. The summed E-state index contributed by atoms with van der Waals surface area (Å²) < 4.78 is 0.761. The molecule has 82 valence electrons. The zero-order valence-electron chi connectivity index (χ0n) is 8.85. The smallest absolute Gasteiger partial charge is 0.224 e. The van der Waals surface area contributed by atoms with Gasteiger partial charge in [-0.2, -0.15) is 5.10 Å². The summed E-state index contributed by atoms with van der Waals surface area (Å²) in [5, 5.41) is 9.63. The first kappa shape index (κ1) is 12.0. The minimum atomic E-state index is -0.0248. The maximum absolute atomic E-state index is 11.5. The molecule has 5 heteroatoms. The molecule has 0 aromatic carbocycles. The second-order valence-electron chi connectivity index (χ2n) is 3.38. The van der Waals surface area contributed by atoms with Crippen molar-refractivity contribution in [1.82, 2.24) is 15.5 Å². The highest BCUT2D eigenvalue weighted by Crippen LogP contribution is 2.09. The van der Waals surface area contributed by atoms with E-state index in [4.69, 9.17) is 0 Å². The molecule has 0 fully saturated rings. The summed E-state index contributed by atoms with van der Waals surface area (Å²) in [5.74, 6) is -0.0248. The third-order valence-electron chi connectivity index (χ3n) is 2.10. The number of hydrogen-bond acceptors (Lipinski definition) is 2. The lowest BCUT2D eigenvalue weighted by atomic mass is 10.1. The molecule has 0 saturated heterocycles. The van der Waals surface area contributed by atoms with Crippen LogP contribution in [0.25, 0.3) is 0 Å². The number of nitrogens with zero attached hydrogens (tertiary/aromatic N) is 1. The summed E-state index contributed by atoms with van der Waals surface area (Å²) in [6.45, 7) is 7.89. The highest BCUT2D eigenvalue weighted by molar-refractivity contribution is 9.11. The fourth-order valence-corrected chi connectivity index (χ4v) is 1.39. The van der Waals surface area contributed by atoms with Crippen LogP contribution in [-0.2, 0) is 11.2 Å². The molecular weight excluding hydrogens is 258 g/mol. The van der Waals surface area contributed by atoms with Crippen LogP contribution in [0.1, 0.15) is 17.0 Å². The Morgan fingerprint density at radius 1 is 1.60 bits per heavy atom. The van der Waals surface area contributed by atoms with Crippen molar-refractivity contribution in [3.8, 4) is 0 Å². The third kappa shape index (κ3) is 3.51. The summed E-state index contributed by atoms with van der Waals surface area (Å²) >= 11 is 3.18. The number of carbonyl (C=O) groups excluding carboxylic acids is 1. The predicted octanol–water partition coefficient (Wildman–Crippen LogP) is 1.59. The molecule has 1 amide bonds. The van der Waals surface area contributed by atoms with Crippen LogP contribution in [0.3, 0.4) is 0 Å². The molecule has 0 spiro atoms. The fraction of sp³-hybridized carbons (Fsp3) is 0.400. The normalized spacial score (nSPS) is 10.1. The van der Waals surface area contributed by atoms with E-state index in [0.29, 0.717) is 13.0 Å². The van der Waals surface area contributed by atoms with Crippen molar-refractivity contribution in [2.75, 3.05) is 6.54 Å². The van der Waals surface area contributed by atoms with Gasteiger partial charge in [0.25, 0.3) is 0 Å². The summed E-state index contributed by atoms with van der Waals surface area (Å²) in [6, 6.07) is 0. The Labute approximate surface area is 97.3 Å². The van der Waals surface area contributed by atoms with Crippen molar-refractivity contribution in [3.63, 3.8) is 0 Å². The van der Waals surface area contributed by atoms with E-state index in [1.807, 2.05) is 13.8 Å². The van der Waals surface area contributed by atoms with Gasteiger partial charge < -0.3 is 5.32 Å². The van der Waals surface area contributed by atoms with Gasteiger partial charge in [-0.1, -0.05) is 22.5 Å². The highest BCUT2D eigenvalue weighted by atomic mass is 79.9. The maximum atomic E-state index is 11.5. The Bertz CT molecular complexity index is 365. The lowest BCUT2D eigenvalue weighted by Gasteiger charge is -2.03. The van der Waals surface area contributed by atoms with Crippen molar-refractivity contribution >= 4 is 21.8 Å². The van der Waals surface area contributed by atoms with E-state index >= 15 is 0 Å². The zero-order valence-corrected chi connectivity index (χ0v) is 10.4. The number of hydrogen-bond donors (Lipinski definition) is 2. The van der Waals surface area contributed by atoms with Crippen LogP contribution in [0.2, 0.25) is 0 Å². The van der Waals surface area contributed by atoms with Crippen LogP contribution in [0, 0.1) is 13.8 Å². The SMILES string of the molecule is C=C(Br)CNC(=O)Cc1c(C)n[nH]c1C. The summed E-state index contributed by atoms with van der Waals surface area (Å²) in [5.41, 5.74) is 2.79. The van der Waals surface area contributed by atoms with Crippen LogP contribution in [0.4, 0.5) is 0 Å². The molecule has 0 bridgehead atoms. The van der Waals surface area contributed by atoms with Crippen LogP contribution in [-0.4, -0.2) is 22.6 Å². The number of carbonyl (C=O) groups is 1. The number of rotatable bonds is 4. The van der Waals surface area contributed by atoms with Crippen LogP contribution in [0.15, 0.2) is 11.1 Å². The van der Waals surface area contributed by atoms with E-state index in [2.05, 4.69) is 38.0 Å². The molecule has 1 rings (SSSR count). The molecule has 0 aliphatic carbocycles. The average Bonchev–Trinajstić information content (AvgIpc) is 2.46. The molecule has 1 aromatic rings. The number of aryl methyl sites for hydroxylation is 2. The first-order valence-electron chi connectivity index (χ1n) is 4.61. The highest BCUT2D eigenvalue weighted by Gasteiger charge is 2.10. The van der Waals surface area contributed by atoms with Gasteiger partial charge >= 0.3 is 0 Å². The van der Waals surface area contributed by atoms with E-state index < -0.39 is 0 Å². The zero-order chi connectivity index (χ0) is 11.4. The predicted molar refractivity (Wildman–Crippen MR) is 62.8 cm³/mol. The standard InChI is InChI=1S/C10H14BrN3O/c1-6(11)5-12-10(15)4-9-7(2)13-14-8(9)3/h1,4-5H2,2-3H3,(H,12,15)(H,13,14). The van der Waals surface area contributed by atoms with E-state index in [0.717, 1.165) is 21.4 Å². The lowest BCUT2D eigenvalue weighted by molar-refractivity contribution is -0.120. The van der Waals surface area contributed by atoms with Crippen molar-refractivity contribution in [2.24, 2.45) is 0 Å². The molecular formula is C10H14BrN3O. The van der Waals surface area contributed by atoms with Gasteiger partial charge in [0.2, 0.25) is 5.91 Å². The molecule has 4 nitrogen and oxygen atoms in total. The van der Waals surface area contributed by atoms with Gasteiger partial charge in [-0.3, -0.25) is 9.89 Å². The Morgan fingerprint density at radius 2 is 2.27 bits per heavy atom. The molecule has 0 saturated carbocycles. The van der Waals surface area contributed by atoms with Gasteiger partial charge in [-0.15, -0.1) is 0 Å². The second kappa shape index (κ2) is 5.11. The molecule has 15 heavy (non-hydrogen) atoms. The van der Waals surface area contributed by atoms with Gasteiger partial charge in [0, 0.05) is 22.3 Å². The molecule has 1 heterocycles. The quantitative estimate of drug-likeness (QED) is 0.874. The van der Waals surface area contributed by atoms with E-state index in [1.165, 1.54) is 0 Å². The van der Waals surface area contributed by atoms with Gasteiger partial charge in [-0.05, 0) is 13.8 Å². The average molecular weight is 272 g/mol. The second-order valence-corrected chi connectivity index (χ2v) is 4.50. The molecule has 1 aromatic heterocycles. The van der Waals surface area contributed by atoms with Gasteiger partial charge in [-0.25, -0.2) is 0 Å². The van der Waals surface area contributed by atoms with Crippen LogP contribution < -0.4 is 5.32 Å². The minimum Gasteiger partial charge on any atom is -0.351 e. The number of halogens is 1. The van der Waals surface area contributed by atoms with Crippen LogP contribution in [0.5, 0.6) is 0 Å². The first-order valence-corrected chi connectivity index (χ1v) is 5.40. The van der Waals surface area contributed by atoms with Crippen molar-refractivity contribution in [3.05, 3.63) is 28.0 Å². The molecule has 0 unspecified atom stereocenters. The van der Waals surface area contributed by atoms with Crippen molar-refractivity contribution in [2.45, 2.75) is 20.3 Å². The van der Waals surface area contributed by atoms with Crippen molar-refractivity contribution < 1.29 is 4.79 Å². The number of amides is 1. The van der Waals surface area contributed by atoms with E-state index in [1.54, 1.807) is 0 Å². The van der Waals surface area contributed by atoms with E-state index in [-0.39, 0.29) is 5.91 Å². The summed E-state index contributed by atoms with van der Waals surface area (Å²) in [6.07, 6.45) is 0.356. The molecule has 2 N–H and O–H groups in total. The topological polar surface area (TPSA) is 57.8 Å². The summed E-state index contributed by atoms with van der Waals surface area (Å²) in [4.78, 5) is 11.5. The summed E-state index contributed by atoms with van der Waals surface area (Å²) in [7, 11) is 0. The lowest BCUT2D eigenvalue weighted by Crippen LogP contribution is -2.26. The largest absolute Gasteiger partial charge is 0.351 e. The Kier molecular flexibility index (Phi) is 4.08. The molecule has 0 aliphatic rings. The van der Waals surface area contributed by atoms with Gasteiger partial charge in [0.1, 0.15) is 0 Å². The first-order chi connectivity index (χ1) is 7.00. The number of aromatic nitrogens is 2. The van der Waals surface area contributed by atoms with Gasteiger partial charge in [0.05, 0.1) is 12.1 Å². The fourth-order valence-electron chi connectivity index (χ4n) is 1.25. The van der Waals surface area contributed by atoms with Crippen LogP contribution >= 0.6 is 15.9 Å². The molecule has 0 aliphatic heterocycles. The maximum Gasteiger partial charge on any atom is 0.224 e. The number of H-pyrrole nitrogens is 1. The minimum absolute atomic E-state index is 0.0248. The molecule has 0 radical (unpaired) electrons. The Balaban J connectivity index is 2.55. The van der Waals surface area contributed by atoms with Gasteiger partial charge in [0.15, 0.2) is 0 Å².